The number of hydrogen-bond acceptors (Lipinski definition) is 1. The molecule has 4 rings (SSSR count). The van der Waals surface area contributed by atoms with Gasteiger partial charge >= 0.3 is 0 Å². The molecule has 0 radical (unpaired) electrons. The summed E-state index contributed by atoms with van der Waals surface area (Å²) in [6.07, 6.45) is 9.98. The summed E-state index contributed by atoms with van der Waals surface area (Å²) >= 11 is 0. The van der Waals surface area contributed by atoms with E-state index in [9.17, 15) is 0 Å². The summed E-state index contributed by atoms with van der Waals surface area (Å²) in [5.41, 5.74) is 6.27. The first-order valence-corrected chi connectivity index (χ1v) is 7.41. The van der Waals surface area contributed by atoms with Crippen molar-refractivity contribution in [2.24, 2.45) is 0 Å². The van der Waals surface area contributed by atoms with Gasteiger partial charge in [-0.2, -0.15) is 0 Å². The molecule has 3 heteroatoms. The van der Waals surface area contributed by atoms with Crippen LogP contribution in [0, 0.1) is 6.92 Å². The quantitative estimate of drug-likeness (QED) is 0.554. The fourth-order valence-corrected chi connectivity index (χ4v) is 2.82. The number of hydrogen-bond donors (Lipinski definition) is 0. The first-order valence-electron chi connectivity index (χ1n) is 7.41. The normalized spacial score (nSPS) is 11.1. The van der Waals surface area contributed by atoms with Gasteiger partial charge < -0.3 is 8.97 Å². The number of aromatic nitrogens is 3. The molecule has 0 N–H and O–H groups in total. The average Bonchev–Trinajstić information content (AvgIpc) is 3.15. The Balaban J connectivity index is 1.63. The van der Waals surface area contributed by atoms with Crippen LogP contribution in [0.4, 0.5) is 0 Å². The maximum Gasteiger partial charge on any atom is 0.0949 e. The van der Waals surface area contributed by atoms with Crippen LogP contribution < -0.4 is 0 Å². The van der Waals surface area contributed by atoms with Gasteiger partial charge in [0.2, 0.25) is 0 Å². The molecule has 0 unspecified atom stereocenters. The molecule has 0 amide bonds. The van der Waals surface area contributed by atoms with Gasteiger partial charge in [-0.05, 0) is 41.3 Å². The van der Waals surface area contributed by atoms with Gasteiger partial charge in [-0.3, -0.25) is 0 Å². The molecule has 4 aromatic rings. The Morgan fingerprint density at radius 2 is 1.77 bits per heavy atom. The second kappa shape index (κ2) is 5.19. The minimum absolute atomic E-state index is 0.857. The first kappa shape index (κ1) is 12.9. The molecule has 0 saturated carbocycles. The average molecular weight is 287 g/mol. The standard InChI is InChI=1S/C19H17N3/c1-15-10-19-7-6-18(13-22(19)11-15)17-4-2-16(3-5-17)12-21-9-8-20-14-21/h2-11,13-14H,12H2,1H3. The van der Waals surface area contributed by atoms with Crippen molar-refractivity contribution in [3.05, 3.63) is 84.7 Å². The molecule has 22 heavy (non-hydrogen) atoms. The lowest BCUT2D eigenvalue weighted by Crippen LogP contribution is -1.95. The number of aryl methyl sites for hydroxylation is 1. The number of nitrogens with zero attached hydrogens (tertiary/aromatic N) is 3. The van der Waals surface area contributed by atoms with E-state index >= 15 is 0 Å². The van der Waals surface area contributed by atoms with Crippen molar-refractivity contribution in [2.75, 3.05) is 0 Å². The minimum atomic E-state index is 0.857. The van der Waals surface area contributed by atoms with E-state index in [1.54, 1.807) is 0 Å². The molecule has 0 aliphatic carbocycles. The Bertz CT molecular complexity index is 900. The molecular formula is C19H17N3. The molecule has 3 nitrogen and oxygen atoms in total. The molecule has 3 aromatic heterocycles. The van der Waals surface area contributed by atoms with Crippen molar-refractivity contribution in [3.8, 4) is 11.1 Å². The second-order valence-electron chi connectivity index (χ2n) is 5.70. The summed E-state index contributed by atoms with van der Waals surface area (Å²) in [4.78, 5) is 4.07. The predicted octanol–water partition coefficient (Wildman–Crippen LogP) is 4.16. The van der Waals surface area contributed by atoms with Crippen LogP contribution in [0.5, 0.6) is 0 Å². The Labute approximate surface area is 129 Å². The van der Waals surface area contributed by atoms with Crippen LogP contribution in [0.1, 0.15) is 11.1 Å². The van der Waals surface area contributed by atoms with Gasteiger partial charge in [0, 0.05) is 36.8 Å². The van der Waals surface area contributed by atoms with Gasteiger partial charge in [0.15, 0.2) is 0 Å². The number of imidazole rings is 1. The monoisotopic (exact) mass is 287 g/mol. The number of rotatable bonds is 3. The smallest absolute Gasteiger partial charge is 0.0949 e. The summed E-state index contributed by atoms with van der Waals surface area (Å²) in [5, 5.41) is 0. The van der Waals surface area contributed by atoms with Crippen molar-refractivity contribution in [3.63, 3.8) is 0 Å². The third kappa shape index (κ3) is 2.42. The Hall–Kier alpha value is -2.81. The summed E-state index contributed by atoms with van der Waals surface area (Å²) in [6.45, 7) is 2.98. The van der Waals surface area contributed by atoms with Gasteiger partial charge in [-0.1, -0.05) is 30.3 Å². The maximum atomic E-state index is 4.07. The largest absolute Gasteiger partial charge is 0.333 e. The van der Waals surface area contributed by atoms with E-state index in [4.69, 9.17) is 0 Å². The van der Waals surface area contributed by atoms with E-state index in [2.05, 4.69) is 75.7 Å². The van der Waals surface area contributed by atoms with E-state index in [0.717, 1.165) is 6.54 Å². The number of pyridine rings is 1. The second-order valence-corrected chi connectivity index (χ2v) is 5.70. The van der Waals surface area contributed by atoms with Gasteiger partial charge in [-0.15, -0.1) is 0 Å². The highest BCUT2D eigenvalue weighted by Crippen LogP contribution is 2.22. The molecular weight excluding hydrogens is 270 g/mol. The minimum Gasteiger partial charge on any atom is -0.333 e. The van der Waals surface area contributed by atoms with Crippen LogP contribution in [-0.4, -0.2) is 14.0 Å². The fraction of sp³-hybridized carbons (Fsp3) is 0.105. The highest BCUT2D eigenvalue weighted by molar-refractivity contribution is 5.66. The summed E-state index contributed by atoms with van der Waals surface area (Å²) in [6, 6.07) is 15.3. The molecule has 0 spiro atoms. The zero-order valence-corrected chi connectivity index (χ0v) is 12.5. The van der Waals surface area contributed by atoms with Crippen molar-refractivity contribution in [1.82, 2.24) is 14.0 Å². The van der Waals surface area contributed by atoms with Crippen molar-refractivity contribution >= 4 is 5.52 Å². The first-order chi connectivity index (χ1) is 10.8. The van der Waals surface area contributed by atoms with E-state index in [-0.39, 0.29) is 0 Å². The van der Waals surface area contributed by atoms with Gasteiger partial charge in [-0.25, -0.2) is 4.98 Å². The molecule has 0 fully saturated rings. The molecule has 0 saturated heterocycles. The Kier molecular flexibility index (Phi) is 3.04. The van der Waals surface area contributed by atoms with Gasteiger partial charge in [0.25, 0.3) is 0 Å². The zero-order chi connectivity index (χ0) is 14.9. The third-order valence-electron chi connectivity index (χ3n) is 3.94. The SMILES string of the molecule is Cc1cc2ccc(-c3ccc(Cn4ccnc4)cc3)cn2c1. The van der Waals surface area contributed by atoms with Crippen molar-refractivity contribution in [2.45, 2.75) is 13.5 Å². The van der Waals surface area contributed by atoms with Gasteiger partial charge in [0.1, 0.15) is 0 Å². The summed E-state index contributed by atoms with van der Waals surface area (Å²) in [5.74, 6) is 0. The lowest BCUT2D eigenvalue weighted by atomic mass is 10.1. The molecule has 108 valence electrons. The topological polar surface area (TPSA) is 22.2 Å². The Morgan fingerprint density at radius 1 is 0.955 bits per heavy atom. The zero-order valence-electron chi connectivity index (χ0n) is 12.5. The van der Waals surface area contributed by atoms with Crippen LogP contribution in [0.25, 0.3) is 16.6 Å². The van der Waals surface area contributed by atoms with E-state index in [1.165, 1.54) is 27.8 Å². The maximum absolute atomic E-state index is 4.07. The predicted molar refractivity (Wildman–Crippen MR) is 88.9 cm³/mol. The highest BCUT2D eigenvalue weighted by atomic mass is 15.0. The molecule has 3 heterocycles. The van der Waals surface area contributed by atoms with E-state index in [1.807, 2.05) is 18.7 Å². The number of fused-ring (bicyclic) bond motifs is 1. The van der Waals surface area contributed by atoms with E-state index in [0.29, 0.717) is 0 Å². The third-order valence-corrected chi connectivity index (χ3v) is 3.94. The van der Waals surface area contributed by atoms with Crippen LogP contribution in [0.3, 0.4) is 0 Å². The van der Waals surface area contributed by atoms with Crippen LogP contribution >= 0.6 is 0 Å². The molecule has 0 bridgehead atoms. The van der Waals surface area contributed by atoms with Gasteiger partial charge in [0.05, 0.1) is 6.33 Å². The molecule has 1 aromatic carbocycles. The van der Waals surface area contributed by atoms with Crippen LogP contribution in [0.15, 0.2) is 73.6 Å². The lowest BCUT2D eigenvalue weighted by molar-refractivity contribution is 0.797. The summed E-state index contributed by atoms with van der Waals surface area (Å²) in [7, 11) is 0. The molecule has 0 aliphatic rings. The lowest BCUT2D eigenvalue weighted by Gasteiger charge is -2.06. The fourth-order valence-electron chi connectivity index (χ4n) is 2.82. The van der Waals surface area contributed by atoms with E-state index < -0.39 is 0 Å². The van der Waals surface area contributed by atoms with Crippen LogP contribution in [0.2, 0.25) is 0 Å². The molecule has 0 atom stereocenters. The van der Waals surface area contributed by atoms with Crippen molar-refractivity contribution in [1.29, 1.82) is 0 Å². The number of benzene rings is 1. The highest BCUT2D eigenvalue weighted by Gasteiger charge is 2.02. The Morgan fingerprint density at radius 3 is 2.55 bits per heavy atom. The summed E-state index contributed by atoms with van der Waals surface area (Å²) < 4.78 is 4.26. The van der Waals surface area contributed by atoms with Crippen LogP contribution in [-0.2, 0) is 6.54 Å². The van der Waals surface area contributed by atoms with Crippen molar-refractivity contribution < 1.29 is 0 Å². The molecule has 0 aliphatic heterocycles.